The molecule has 2 aromatic carbocycles. The van der Waals surface area contributed by atoms with Gasteiger partial charge in [-0.15, -0.1) is 0 Å². The monoisotopic (exact) mass is 374 g/mol. The zero-order valence-corrected chi connectivity index (χ0v) is 15.9. The van der Waals surface area contributed by atoms with Gasteiger partial charge in [0.25, 0.3) is 0 Å². The molecule has 0 aromatic heterocycles. The number of likely N-dealkylation sites (N-methyl/N-ethyl adjacent to an activating group) is 1. The zero-order chi connectivity index (χ0) is 18.9. The highest BCUT2D eigenvalue weighted by molar-refractivity contribution is 7.89. The maximum Gasteiger partial charge on any atom is 0.240 e. The number of carbonyl (C=O) groups excluding carboxylic acids is 1. The van der Waals surface area contributed by atoms with E-state index in [9.17, 15) is 13.2 Å². The Balaban J connectivity index is 1.63. The number of carbonyl (C=O) groups is 1. The second-order valence-corrected chi connectivity index (χ2v) is 8.15. The van der Waals surface area contributed by atoms with Crippen molar-refractivity contribution in [3.8, 4) is 5.75 Å². The van der Waals surface area contributed by atoms with E-state index in [4.69, 9.17) is 4.74 Å². The molecular weight excluding hydrogens is 352 g/mol. The predicted molar refractivity (Wildman–Crippen MR) is 100 cm³/mol. The summed E-state index contributed by atoms with van der Waals surface area (Å²) in [5, 5.41) is 0. The lowest BCUT2D eigenvalue weighted by Crippen LogP contribution is -2.28. The molecule has 1 aliphatic rings. The van der Waals surface area contributed by atoms with Crippen LogP contribution in [0.25, 0.3) is 0 Å². The van der Waals surface area contributed by atoms with Crippen molar-refractivity contribution in [2.45, 2.75) is 25.2 Å². The maximum atomic E-state index is 12.5. The van der Waals surface area contributed by atoms with E-state index in [0.29, 0.717) is 0 Å². The number of sulfonamides is 1. The molecule has 1 N–H and O–H groups in total. The molecule has 3 rings (SSSR count). The molecule has 0 saturated heterocycles. The average Bonchev–Trinajstić information content (AvgIpc) is 2.87. The Kier molecular flexibility index (Phi) is 5.02. The van der Waals surface area contributed by atoms with Gasteiger partial charge in [0.1, 0.15) is 12.4 Å². The number of hydrogen-bond acceptors (Lipinski definition) is 4. The summed E-state index contributed by atoms with van der Waals surface area (Å²) in [6, 6.07) is 10.6. The van der Waals surface area contributed by atoms with Crippen molar-refractivity contribution in [2.75, 3.05) is 25.1 Å². The molecule has 0 aliphatic carbocycles. The van der Waals surface area contributed by atoms with Crippen molar-refractivity contribution in [1.29, 1.82) is 0 Å². The van der Waals surface area contributed by atoms with Crippen LogP contribution in [0.15, 0.2) is 41.3 Å². The van der Waals surface area contributed by atoms with E-state index in [2.05, 4.69) is 4.72 Å². The summed E-state index contributed by atoms with van der Waals surface area (Å²) in [5.41, 5.74) is 3.51. The van der Waals surface area contributed by atoms with Crippen LogP contribution in [0.1, 0.15) is 16.7 Å². The standard InChI is InChI=1S/C19H22N2O4S/c1-13-5-4-6-14(2)19(13)25-10-9-20-26(23,24)16-7-8-17-15(11-16)12-18(22)21(17)3/h4-8,11,20H,9-10,12H2,1-3H3. The van der Waals surface area contributed by atoms with E-state index in [0.717, 1.165) is 28.1 Å². The van der Waals surface area contributed by atoms with Gasteiger partial charge in [0.2, 0.25) is 15.9 Å². The maximum absolute atomic E-state index is 12.5. The normalized spacial score (nSPS) is 13.8. The van der Waals surface area contributed by atoms with Crippen LogP contribution >= 0.6 is 0 Å². The minimum atomic E-state index is -3.65. The van der Waals surface area contributed by atoms with Crippen molar-refractivity contribution in [3.05, 3.63) is 53.1 Å². The first kappa shape index (κ1) is 18.4. The molecule has 6 nitrogen and oxygen atoms in total. The molecular formula is C19H22N2O4S. The minimum absolute atomic E-state index is 0.0375. The smallest absolute Gasteiger partial charge is 0.240 e. The van der Waals surface area contributed by atoms with Crippen molar-refractivity contribution in [2.24, 2.45) is 0 Å². The molecule has 0 fully saturated rings. The van der Waals surface area contributed by atoms with E-state index in [1.165, 1.54) is 11.0 Å². The number of benzene rings is 2. The molecule has 1 heterocycles. The third-order valence-electron chi connectivity index (χ3n) is 4.49. The first-order chi connectivity index (χ1) is 12.3. The van der Waals surface area contributed by atoms with E-state index in [1.54, 1.807) is 19.2 Å². The molecule has 0 saturated carbocycles. The molecule has 1 aliphatic heterocycles. The van der Waals surface area contributed by atoms with Crippen LogP contribution in [0, 0.1) is 13.8 Å². The first-order valence-corrected chi connectivity index (χ1v) is 9.86. The van der Waals surface area contributed by atoms with Gasteiger partial charge in [-0.2, -0.15) is 0 Å². The quantitative estimate of drug-likeness (QED) is 0.787. The third-order valence-corrected chi connectivity index (χ3v) is 5.95. The zero-order valence-electron chi connectivity index (χ0n) is 15.1. The van der Waals surface area contributed by atoms with E-state index >= 15 is 0 Å². The fourth-order valence-corrected chi connectivity index (χ4v) is 4.12. The number of ether oxygens (including phenoxy) is 1. The third kappa shape index (κ3) is 3.59. The van der Waals surface area contributed by atoms with Gasteiger partial charge in [0, 0.05) is 19.3 Å². The van der Waals surface area contributed by atoms with Gasteiger partial charge in [0.15, 0.2) is 0 Å². The molecule has 2 aromatic rings. The van der Waals surface area contributed by atoms with Crippen LogP contribution in [-0.4, -0.2) is 34.5 Å². The van der Waals surface area contributed by atoms with Gasteiger partial charge in [-0.25, -0.2) is 13.1 Å². The number of hydrogen-bond donors (Lipinski definition) is 1. The second kappa shape index (κ2) is 7.09. The molecule has 0 bridgehead atoms. The summed E-state index contributed by atoms with van der Waals surface area (Å²) in [6.07, 6.45) is 0.227. The van der Waals surface area contributed by atoms with Crippen LogP contribution in [0.2, 0.25) is 0 Å². The SMILES string of the molecule is Cc1cccc(C)c1OCCNS(=O)(=O)c1ccc2c(c1)CC(=O)N2C. The Labute approximate surface area is 153 Å². The van der Waals surface area contributed by atoms with Crippen LogP contribution in [0.3, 0.4) is 0 Å². The van der Waals surface area contributed by atoms with Gasteiger partial charge in [0.05, 0.1) is 11.3 Å². The summed E-state index contributed by atoms with van der Waals surface area (Å²) in [4.78, 5) is 13.4. The molecule has 138 valence electrons. The van der Waals surface area contributed by atoms with Gasteiger partial charge in [-0.05, 0) is 48.7 Å². The Hall–Kier alpha value is -2.38. The summed E-state index contributed by atoms with van der Waals surface area (Å²) >= 11 is 0. The highest BCUT2D eigenvalue weighted by Crippen LogP contribution is 2.29. The number of para-hydroxylation sites is 1. The molecule has 26 heavy (non-hydrogen) atoms. The average molecular weight is 374 g/mol. The number of aryl methyl sites for hydroxylation is 2. The lowest BCUT2D eigenvalue weighted by atomic mass is 10.1. The summed E-state index contributed by atoms with van der Waals surface area (Å²) < 4.78 is 33.2. The molecule has 7 heteroatoms. The highest BCUT2D eigenvalue weighted by Gasteiger charge is 2.26. The fourth-order valence-electron chi connectivity index (χ4n) is 3.05. The molecule has 0 spiro atoms. The summed E-state index contributed by atoms with van der Waals surface area (Å²) in [6.45, 7) is 4.30. The second-order valence-electron chi connectivity index (χ2n) is 6.39. The van der Waals surface area contributed by atoms with Crippen molar-refractivity contribution in [3.63, 3.8) is 0 Å². The number of rotatable bonds is 6. The Morgan fingerprint density at radius 1 is 1.15 bits per heavy atom. The van der Waals surface area contributed by atoms with Crippen molar-refractivity contribution in [1.82, 2.24) is 4.72 Å². The number of amides is 1. The van der Waals surface area contributed by atoms with E-state index in [1.807, 2.05) is 32.0 Å². The highest BCUT2D eigenvalue weighted by atomic mass is 32.2. The molecule has 0 radical (unpaired) electrons. The van der Waals surface area contributed by atoms with Gasteiger partial charge < -0.3 is 9.64 Å². The van der Waals surface area contributed by atoms with Crippen LogP contribution in [0.4, 0.5) is 5.69 Å². The molecule has 0 atom stereocenters. The lowest BCUT2D eigenvalue weighted by Gasteiger charge is -2.13. The fraction of sp³-hybridized carbons (Fsp3) is 0.316. The van der Waals surface area contributed by atoms with Crippen molar-refractivity contribution < 1.29 is 17.9 Å². The van der Waals surface area contributed by atoms with Crippen LogP contribution in [0.5, 0.6) is 5.75 Å². The number of nitrogens with one attached hydrogen (secondary N) is 1. The van der Waals surface area contributed by atoms with Crippen LogP contribution in [-0.2, 0) is 21.2 Å². The van der Waals surface area contributed by atoms with Gasteiger partial charge in [-0.3, -0.25) is 4.79 Å². The Morgan fingerprint density at radius 2 is 1.85 bits per heavy atom. The topological polar surface area (TPSA) is 75.7 Å². The van der Waals surface area contributed by atoms with E-state index in [-0.39, 0.29) is 30.4 Å². The Morgan fingerprint density at radius 3 is 2.54 bits per heavy atom. The minimum Gasteiger partial charge on any atom is -0.492 e. The Bertz CT molecular complexity index is 934. The summed E-state index contributed by atoms with van der Waals surface area (Å²) in [5.74, 6) is 0.746. The first-order valence-electron chi connectivity index (χ1n) is 8.38. The number of nitrogens with zero attached hydrogens (tertiary/aromatic N) is 1. The molecule has 1 amide bonds. The number of anilines is 1. The summed E-state index contributed by atoms with van der Waals surface area (Å²) in [7, 11) is -1.97. The predicted octanol–water partition coefficient (Wildman–Crippen LogP) is 2.18. The van der Waals surface area contributed by atoms with Crippen LogP contribution < -0.4 is 14.4 Å². The van der Waals surface area contributed by atoms with E-state index < -0.39 is 10.0 Å². The number of fused-ring (bicyclic) bond motifs is 1. The largest absolute Gasteiger partial charge is 0.492 e. The van der Waals surface area contributed by atoms with Gasteiger partial charge in [-0.1, -0.05) is 18.2 Å². The van der Waals surface area contributed by atoms with Gasteiger partial charge >= 0.3 is 0 Å². The molecule has 0 unspecified atom stereocenters. The van der Waals surface area contributed by atoms with Crippen molar-refractivity contribution >= 4 is 21.6 Å². The lowest BCUT2D eigenvalue weighted by molar-refractivity contribution is -0.117.